The topological polar surface area (TPSA) is 41.5 Å². The van der Waals surface area contributed by atoms with E-state index in [4.69, 9.17) is 0 Å². The number of amides is 1. The molecule has 3 nitrogen and oxygen atoms in total. The second-order valence-electron chi connectivity index (χ2n) is 7.11. The van der Waals surface area contributed by atoms with Gasteiger partial charge in [0.15, 0.2) is 0 Å². The Morgan fingerprint density at radius 1 is 1.15 bits per heavy atom. The van der Waals surface area contributed by atoms with E-state index in [2.05, 4.69) is 41.5 Å². The fourth-order valence-electron chi connectivity index (χ4n) is 3.60. The quantitative estimate of drug-likeness (QED) is 0.751. The maximum Gasteiger partial charge on any atom is 0.230 e. The minimum atomic E-state index is 0.0343. The van der Waals surface area contributed by atoms with Crippen LogP contribution in [0.4, 0.5) is 5.69 Å². The summed E-state index contributed by atoms with van der Waals surface area (Å²) in [4.78, 5) is 17.1. The first kappa shape index (κ1) is 18.6. The van der Waals surface area contributed by atoms with Crippen molar-refractivity contribution in [2.24, 2.45) is 4.99 Å². The highest BCUT2D eigenvalue weighted by Gasteiger charge is 2.16. The van der Waals surface area contributed by atoms with Gasteiger partial charge in [-0.25, -0.2) is 4.99 Å². The summed E-state index contributed by atoms with van der Waals surface area (Å²) in [6.07, 6.45) is 4.92. The van der Waals surface area contributed by atoms with E-state index in [-0.39, 0.29) is 11.9 Å². The van der Waals surface area contributed by atoms with Gasteiger partial charge in [0, 0.05) is 5.75 Å². The Labute approximate surface area is 169 Å². The van der Waals surface area contributed by atoms with Crippen LogP contribution in [0.2, 0.25) is 0 Å². The van der Waals surface area contributed by atoms with Gasteiger partial charge in [-0.2, -0.15) is 0 Å². The Morgan fingerprint density at radius 3 is 2.85 bits per heavy atom. The molecule has 1 N–H and O–H groups in total. The summed E-state index contributed by atoms with van der Waals surface area (Å²) in [5.74, 6) is 1.39. The van der Waals surface area contributed by atoms with Gasteiger partial charge in [-0.15, -0.1) is 0 Å². The van der Waals surface area contributed by atoms with Crippen LogP contribution in [-0.2, 0) is 23.4 Å². The standard InChI is InChI=1S/C22H24N2OS2/c1-15(17-11-10-16-6-2-3-7-18(16)12-17)23-21(25)14-27-22-24-20-9-5-4-8-19(20)13-26-22/h4-5,8-12,15H,2-3,6-7,13-14H2,1H3,(H,23,25). The Hall–Kier alpha value is -1.72. The molecule has 0 bridgehead atoms. The number of para-hydroxylation sites is 1. The SMILES string of the molecule is CC(NC(=O)CSC1=Nc2ccccc2CS1)c1ccc2c(c1)CCCC2. The monoisotopic (exact) mass is 396 g/mol. The summed E-state index contributed by atoms with van der Waals surface area (Å²) in [5.41, 5.74) is 6.43. The number of rotatable bonds is 4. The van der Waals surface area contributed by atoms with Crippen molar-refractivity contribution in [3.05, 3.63) is 64.7 Å². The van der Waals surface area contributed by atoms with Gasteiger partial charge in [0.25, 0.3) is 0 Å². The van der Waals surface area contributed by atoms with Crippen LogP contribution in [0.5, 0.6) is 0 Å². The molecule has 2 aliphatic rings. The lowest BCUT2D eigenvalue weighted by molar-refractivity contribution is -0.119. The lowest BCUT2D eigenvalue weighted by atomic mass is 9.89. The number of nitrogens with zero attached hydrogens (tertiary/aromatic N) is 1. The number of hydrogen-bond acceptors (Lipinski definition) is 4. The Bertz CT molecular complexity index is 878. The lowest BCUT2D eigenvalue weighted by Gasteiger charge is -2.20. The van der Waals surface area contributed by atoms with Gasteiger partial charge in [-0.1, -0.05) is 59.9 Å². The van der Waals surface area contributed by atoms with Crippen molar-refractivity contribution in [2.75, 3.05) is 5.75 Å². The fraction of sp³-hybridized carbons (Fsp3) is 0.364. The van der Waals surface area contributed by atoms with E-state index in [0.29, 0.717) is 5.75 Å². The van der Waals surface area contributed by atoms with E-state index < -0.39 is 0 Å². The summed E-state index contributed by atoms with van der Waals surface area (Å²) in [5, 5.41) is 3.14. The normalized spacial score (nSPS) is 16.7. The van der Waals surface area contributed by atoms with Crippen LogP contribution >= 0.6 is 23.5 Å². The molecule has 5 heteroatoms. The van der Waals surface area contributed by atoms with E-state index in [9.17, 15) is 4.79 Å². The number of benzene rings is 2. The molecular formula is C22H24N2OS2. The van der Waals surface area contributed by atoms with Crippen molar-refractivity contribution < 1.29 is 4.79 Å². The van der Waals surface area contributed by atoms with Gasteiger partial charge < -0.3 is 5.32 Å². The predicted octanol–water partition coefficient (Wildman–Crippen LogP) is 5.41. The fourth-order valence-corrected chi connectivity index (χ4v) is 5.48. The van der Waals surface area contributed by atoms with E-state index >= 15 is 0 Å². The molecule has 1 amide bonds. The third kappa shape index (κ3) is 4.58. The molecule has 1 aliphatic heterocycles. The third-order valence-electron chi connectivity index (χ3n) is 5.13. The number of fused-ring (bicyclic) bond motifs is 2. The van der Waals surface area contributed by atoms with Crippen LogP contribution in [0.15, 0.2) is 47.5 Å². The van der Waals surface area contributed by atoms with E-state index in [1.807, 2.05) is 18.2 Å². The highest BCUT2D eigenvalue weighted by molar-refractivity contribution is 8.38. The molecule has 2 aromatic carbocycles. The summed E-state index contributed by atoms with van der Waals surface area (Å²) >= 11 is 3.24. The molecule has 1 unspecified atom stereocenters. The van der Waals surface area contributed by atoms with Crippen LogP contribution < -0.4 is 5.32 Å². The van der Waals surface area contributed by atoms with Crippen LogP contribution in [0.3, 0.4) is 0 Å². The van der Waals surface area contributed by atoms with Crippen molar-refractivity contribution in [2.45, 2.75) is 44.4 Å². The Balaban J connectivity index is 1.32. The van der Waals surface area contributed by atoms with Gasteiger partial charge in [0.1, 0.15) is 4.38 Å². The van der Waals surface area contributed by atoms with Crippen molar-refractivity contribution in [1.29, 1.82) is 0 Å². The Kier molecular flexibility index (Phi) is 5.89. The molecule has 0 aromatic heterocycles. The van der Waals surface area contributed by atoms with Crippen LogP contribution in [-0.4, -0.2) is 16.0 Å². The predicted molar refractivity (Wildman–Crippen MR) is 117 cm³/mol. The zero-order valence-corrected chi connectivity index (χ0v) is 17.2. The molecule has 1 atom stereocenters. The molecule has 27 heavy (non-hydrogen) atoms. The Morgan fingerprint density at radius 2 is 1.96 bits per heavy atom. The summed E-state index contributed by atoms with van der Waals surface area (Å²) < 4.78 is 0.977. The van der Waals surface area contributed by atoms with Gasteiger partial charge in [0.2, 0.25) is 5.91 Å². The molecular weight excluding hydrogens is 372 g/mol. The minimum absolute atomic E-state index is 0.0343. The zero-order chi connectivity index (χ0) is 18.6. The third-order valence-corrected chi connectivity index (χ3v) is 7.38. The summed E-state index contributed by atoms with van der Waals surface area (Å²) in [6.45, 7) is 2.07. The van der Waals surface area contributed by atoms with Crippen LogP contribution in [0, 0.1) is 0 Å². The molecule has 0 radical (unpaired) electrons. The first-order valence-corrected chi connectivity index (χ1v) is 11.5. The maximum absolute atomic E-state index is 12.4. The number of carbonyl (C=O) groups excluding carboxylic acids is 1. The van der Waals surface area contributed by atoms with Crippen LogP contribution in [0.1, 0.15) is 48.1 Å². The van der Waals surface area contributed by atoms with E-state index in [0.717, 1.165) is 22.2 Å². The first-order chi connectivity index (χ1) is 13.2. The highest BCUT2D eigenvalue weighted by atomic mass is 32.2. The maximum atomic E-state index is 12.4. The van der Waals surface area contributed by atoms with Gasteiger partial charge in [-0.05, 0) is 60.9 Å². The molecule has 0 saturated carbocycles. The molecule has 1 aliphatic carbocycles. The van der Waals surface area contributed by atoms with Crippen molar-refractivity contribution in [1.82, 2.24) is 5.32 Å². The average molecular weight is 397 g/mol. The number of aliphatic imine (C=N–C) groups is 1. The minimum Gasteiger partial charge on any atom is -0.349 e. The van der Waals surface area contributed by atoms with Crippen molar-refractivity contribution in [3.63, 3.8) is 0 Å². The van der Waals surface area contributed by atoms with Gasteiger partial charge in [-0.3, -0.25) is 4.79 Å². The van der Waals surface area contributed by atoms with Crippen molar-refractivity contribution >= 4 is 39.5 Å². The zero-order valence-electron chi connectivity index (χ0n) is 15.5. The average Bonchev–Trinajstić information content (AvgIpc) is 2.71. The number of thioether (sulfide) groups is 2. The molecule has 4 rings (SSSR count). The number of nitrogens with one attached hydrogen (secondary N) is 1. The van der Waals surface area contributed by atoms with Crippen molar-refractivity contribution in [3.8, 4) is 0 Å². The van der Waals surface area contributed by atoms with Gasteiger partial charge >= 0.3 is 0 Å². The number of hydrogen-bond donors (Lipinski definition) is 1. The molecule has 1 heterocycles. The first-order valence-electron chi connectivity index (χ1n) is 9.52. The number of aryl methyl sites for hydroxylation is 2. The highest BCUT2D eigenvalue weighted by Crippen LogP contribution is 2.34. The lowest BCUT2D eigenvalue weighted by Crippen LogP contribution is -2.28. The second kappa shape index (κ2) is 8.53. The van der Waals surface area contributed by atoms with E-state index in [1.54, 1.807) is 11.8 Å². The van der Waals surface area contributed by atoms with Crippen LogP contribution in [0.25, 0.3) is 0 Å². The summed E-state index contributed by atoms with van der Waals surface area (Å²) in [7, 11) is 0. The number of carbonyl (C=O) groups is 1. The van der Waals surface area contributed by atoms with E-state index in [1.165, 1.54) is 53.3 Å². The molecule has 0 spiro atoms. The van der Waals surface area contributed by atoms with Gasteiger partial charge in [0.05, 0.1) is 17.5 Å². The molecule has 0 fully saturated rings. The molecule has 140 valence electrons. The molecule has 0 saturated heterocycles. The summed E-state index contributed by atoms with van der Waals surface area (Å²) in [6, 6.07) is 14.9. The largest absolute Gasteiger partial charge is 0.349 e. The molecule has 2 aromatic rings. The second-order valence-corrected chi connectivity index (χ2v) is 9.29. The smallest absolute Gasteiger partial charge is 0.230 e.